The molecule has 1 aliphatic rings. The van der Waals surface area contributed by atoms with Gasteiger partial charge in [0.15, 0.2) is 0 Å². The zero-order chi connectivity index (χ0) is 14.4. The number of methoxy groups -OCH3 is 1. The molecule has 112 valence electrons. The highest BCUT2D eigenvalue weighted by Crippen LogP contribution is 2.29. The van der Waals surface area contributed by atoms with Crippen molar-refractivity contribution in [2.24, 2.45) is 11.8 Å². The average molecular weight is 275 g/mol. The summed E-state index contributed by atoms with van der Waals surface area (Å²) >= 11 is 0. The van der Waals surface area contributed by atoms with Crippen LogP contribution in [0.3, 0.4) is 0 Å². The maximum atomic E-state index is 5.19. The minimum Gasteiger partial charge on any atom is -0.380 e. The largest absolute Gasteiger partial charge is 0.380 e. The van der Waals surface area contributed by atoms with Crippen molar-refractivity contribution < 1.29 is 4.74 Å². The van der Waals surface area contributed by atoms with Crippen molar-refractivity contribution in [1.29, 1.82) is 0 Å². The Hall–Kier alpha value is -0.860. The molecule has 1 aromatic rings. The average Bonchev–Trinajstić information content (AvgIpc) is 2.46. The van der Waals surface area contributed by atoms with Crippen LogP contribution >= 0.6 is 0 Å². The molecule has 0 spiro atoms. The predicted molar refractivity (Wildman–Crippen MR) is 84.6 cm³/mol. The predicted octanol–water partition coefficient (Wildman–Crippen LogP) is 4.14. The zero-order valence-corrected chi connectivity index (χ0v) is 13.2. The van der Waals surface area contributed by atoms with Crippen LogP contribution in [0.4, 0.5) is 0 Å². The van der Waals surface area contributed by atoms with Gasteiger partial charge >= 0.3 is 0 Å². The standard InChI is InChI=1S/C18H29NO/c1-14(2)17-7-9-18(10-8-17)19-12-15-5-4-6-16(11-15)13-20-3/h4-6,11,14,17-19H,7-10,12-13H2,1-3H3. The molecule has 1 N–H and O–H groups in total. The number of ether oxygens (including phenoxy) is 1. The smallest absolute Gasteiger partial charge is 0.0713 e. The Labute approximate surface area is 123 Å². The summed E-state index contributed by atoms with van der Waals surface area (Å²) in [5, 5.41) is 3.73. The number of hydrogen-bond donors (Lipinski definition) is 1. The van der Waals surface area contributed by atoms with Crippen molar-refractivity contribution in [1.82, 2.24) is 5.32 Å². The lowest BCUT2D eigenvalue weighted by Crippen LogP contribution is -2.33. The number of nitrogens with one attached hydrogen (secondary N) is 1. The fourth-order valence-corrected chi connectivity index (χ4v) is 3.25. The van der Waals surface area contributed by atoms with Gasteiger partial charge in [0.05, 0.1) is 6.61 Å². The van der Waals surface area contributed by atoms with E-state index in [2.05, 4.69) is 43.4 Å². The third-order valence-electron chi connectivity index (χ3n) is 4.61. The van der Waals surface area contributed by atoms with Crippen molar-refractivity contribution >= 4 is 0 Å². The molecule has 2 rings (SSSR count). The molecule has 0 amide bonds. The van der Waals surface area contributed by atoms with Gasteiger partial charge in [0.25, 0.3) is 0 Å². The summed E-state index contributed by atoms with van der Waals surface area (Å²) in [5.74, 6) is 1.79. The molecule has 1 aromatic carbocycles. The first-order valence-electron chi connectivity index (χ1n) is 7.99. The normalized spacial score (nSPS) is 23.2. The van der Waals surface area contributed by atoms with Crippen molar-refractivity contribution in [3.8, 4) is 0 Å². The van der Waals surface area contributed by atoms with Crippen LogP contribution in [0.2, 0.25) is 0 Å². The van der Waals surface area contributed by atoms with Gasteiger partial charge in [-0.25, -0.2) is 0 Å². The lowest BCUT2D eigenvalue weighted by Gasteiger charge is -2.31. The van der Waals surface area contributed by atoms with E-state index in [4.69, 9.17) is 4.74 Å². The molecule has 0 saturated heterocycles. The van der Waals surface area contributed by atoms with Crippen LogP contribution in [0.25, 0.3) is 0 Å². The molecule has 0 atom stereocenters. The molecule has 20 heavy (non-hydrogen) atoms. The Morgan fingerprint density at radius 1 is 1.15 bits per heavy atom. The van der Waals surface area contributed by atoms with E-state index in [-0.39, 0.29) is 0 Å². The maximum absolute atomic E-state index is 5.19. The molecule has 1 aliphatic carbocycles. The van der Waals surface area contributed by atoms with Gasteiger partial charge in [0, 0.05) is 19.7 Å². The molecule has 0 radical (unpaired) electrons. The van der Waals surface area contributed by atoms with Crippen LogP contribution in [-0.4, -0.2) is 13.2 Å². The minimum absolute atomic E-state index is 0.702. The van der Waals surface area contributed by atoms with E-state index in [1.807, 2.05) is 0 Å². The quantitative estimate of drug-likeness (QED) is 0.842. The summed E-state index contributed by atoms with van der Waals surface area (Å²) in [5.41, 5.74) is 2.63. The third kappa shape index (κ3) is 4.60. The minimum atomic E-state index is 0.702. The highest BCUT2D eigenvalue weighted by Gasteiger charge is 2.22. The van der Waals surface area contributed by atoms with Gasteiger partial charge < -0.3 is 10.1 Å². The van der Waals surface area contributed by atoms with Gasteiger partial charge in [-0.05, 0) is 48.6 Å². The van der Waals surface area contributed by atoms with E-state index in [0.717, 1.165) is 18.4 Å². The fraction of sp³-hybridized carbons (Fsp3) is 0.667. The molecule has 0 heterocycles. The molecule has 0 aromatic heterocycles. The topological polar surface area (TPSA) is 21.3 Å². The summed E-state index contributed by atoms with van der Waals surface area (Å²) in [6.07, 6.45) is 5.44. The summed E-state index contributed by atoms with van der Waals surface area (Å²) in [7, 11) is 1.75. The van der Waals surface area contributed by atoms with E-state index >= 15 is 0 Å². The first-order chi connectivity index (χ1) is 9.69. The highest BCUT2D eigenvalue weighted by atomic mass is 16.5. The second-order valence-electron chi connectivity index (χ2n) is 6.49. The molecule has 0 aliphatic heterocycles. The van der Waals surface area contributed by atoms with Crippen LogP contribution < -0.4 is 5.32 Å². The van der Waals surface area contributed by atoms with Crippen molar-refractivity contribution in [2.75, 3.05) is 7.11 Å². The number of hydrogen-bond acceptors (Lipinski definition) is 2. The Balaban J connectivity index is 1.77. The van der Waals surface area contributed by atoms with E-state index in [9.17, 15) is 0 Å². The van der Waals surface area contributed by atoms with Crippen LogP contribution in [0.5, 0.6) is 0 Å². The maximum Gasteiger partial charge on any atom is 0.0713 e. The molecule has 1 saturated carbocycles. The van der Waals surface area contributed by atoms with Gasteiger partial charge in [0.2, 0.25) is 0 Å². The Kier molecular flexibility index (Phi) is 6.06. The highest BCUT2D eigenvalue weighted by molar-refractivity contribution is 5.22. The second kappa shape index (κ2) is 7.80. The van der Waals surface area contributed by atoms with E-state index < -0.39 is 0 Å². The molecule has 0 bridgehead atoms. The molecular weight excluding hydrogens is 246 g/mol. The van der Waals surface area contributed by atoms with Gasteiger partial charge in [-0.2, -0.15) is 0 Å². The summed E-state index contributed by atoms with van der Waals surface area (Å²) in [6, 6.07) is 9.40. The van der Waals surface area contributed by atoms with Crippen LogP contribution in [0, 0.1) is 11.8 Å². The van der Waals surface area contributed by atoms with Crippen LogP contribution in [0.15, 0.2) is 24.3 Å². The van der Waals surface area contributed by atoms with E-state index in [1.165, 1.54) is 36.8 Å². The van der Waals surface area contributed by atoms with E-state index in [0.29, 0.717) is 12.6 Å². The lowest BCUT2D eigenvalue weighted by molar-refractivity contribution is 0.185. The Bertz CT molecular complexity index is 394. The molecule has 0 unspecified atom stereocenters. The molecular formula is C18H29NO. The van der Waals surface area contributed by atoms with Gasteiger partial charge in [-0.3, -0.25) is 0 Å². The van der Waals surface area contributed by atoms with Gasteiger partial charge in [-0.15, -0.1) is 0 Å². The fourth-order valence-electron chi connectivity index (χ4n) is 3.25. The summed E-state index contributed by atoms with van der Waals surface area (Å²) < 4.78 is 5.19. The van der Waals surface area contributed by atoms with E-state index in [1.54, 1.807) is 7.11 Å². The monoisotopic (exact) mass is 275 g/mol. The van der Waals surface area contributed by atoms with Crippen molar-refractivity contribution in [2.45, 2.75) is 58.7 Å². The first-order valence-corrected chi connectivity index (χ1v) is 7.99. The Morgan fingerprint density at radius 2 is 1.85 bits per heavy atom. The molecule has 2 heteroatoms. The SMILES string of the molecule is COCc1cccc(CNC2CCC(C(C)C)CC2)c1. The van der Waals surface area contributed by atoms with Crippen molar-refractivity contribution in [3.63, 3.8) is 0 Å². The number of benzene rings is 1. The first kappa shape index (κ1) is 15.5. The lowest BCUT2D eigenvalue weighted by atomic mass is 9.80. The van der Waals surface area contributed by atoms with Gasteiger partial charge in [-0.1, -0.05) is 38.1 Å². The third-order valence-corrected chi connectivity index (χ3v) is 4.61. The van der Waals surface area contributed by atoms with Gasteiger partial charge in [0.1, 0.15) is 0 Å². The molecule has 1 fully saturated rings. The Morgan fingerprint density at radius 3 is 2.50 bits per heavy atom. The van der Waals surface area contributed by atoms with Crippen LogP contribution in [-0.2, 0) is 17.9 Å². The van der Waals surface area contributed by atoms with Crippen LogP contribution in [0.1, 0.15) is 50.7 Å². The zero-order valence-electron chi connectivity index (χ0n) is 13.2. The summed E-state index contributed by atoms with van der Waals surface area (Å²) in [4.78, 5) is 0. The summed E-state index contributed by atoms with van der Waals surface area (Å²) in [6.45, 7) is 6.40. The number of rotatable bonds is 6. The van der Waals surface area contributed by atoms with Crippen molar-refractivity contribution in [3.05, 3.63) is 35.4 Å². The molecule has 2 nitrogen and oxygen atoms in total. The second-order valence-corrected chi connectivity index (χ2v) is 6.49.